The van der Waals surface area contributed by atoms with Crippen LogP contribution in [0.25, 0.3) is 0 Å². The highest BCUT2D eigenvalue weighted by Crippen LogP contribution is 2.44. The summed E-state index contributed by atoms with van der Waals surface area (Å²) in [5, 5.41) is 9.90. The highest BCUT2D eigenvalue weighted by molar-refractivity contribution is 5.76. The second-order valence-electron chi connectivity index (χ2n) is 7.44. The van der Waals surface area contributed by atoms with E-state index in [0.29, 0.717) is 18.5 Å². The zero-order valence-corrected chi connectivity index (χ0v) is 13.2. The first-order chi connectivity index (χ1) is 10.6. The van der Waals surface area contributed by atoms with Crippen molar-refractivity contribution >= 4 is 5.97 Å². The van der Waals surface area contributed by atoms with Crippen molar-refractivity contribution in [1.29, 1.82) is 0 Å². The van der Waals surface area contributed by atoms with E-state index >= 15 is 0 Å². The molecule has 0 saturated carbocycles. The van der Waals surface area contributed by atoms with Crippen LogP contribution in [0.1, 0.15) is 17.5 Å². The Morgan fingerprint density at radius 1 is 1.23 bits per heavy atom. The number of nitrogens with zero attached hydrogens (tertiary/aromatic N) is 2. The first kappa shape index (κ1) is 14.2. The molecule has 4 rings (SSSR count). The van der Waals surface area contributed by atoms with Crippen LogP contribution in [-0.2, 0) is 17.6 Å². The van der Waals surface area contributed by atoms with Crippen molar-refractivity contribution in [3.63, 3.8) is 0 Å². The van der Waals surface area contributed by atoms with Crippen molar-refractivity contribution in [2.24, 2.45) is 11.3 Å². The molecule has 2 atom stereocenters. The Hall–Kier alpha value is -1.39. The quantitative estimate of drug-likeness (QED) is 0.899. The molecule has 0 bridgehead atoms. The van der Waals surface area contributed by atoms with Crippen LogP contribution in [0.2, 0.25) is 0 Å². The van der Waals surface area contributed by atoms with Crippen LogP contribution in [0.5, 0.6) is 0 Å². The molecular weight excluding hydrogens is 276 g/mol. The van der Waals surface area contributed by atoms with Crippen LogP contribution < -0.4 is 0 Å². The van der Waals surface area contributed by atoms with Crippen molar-refractivity contribution < 1.29 is 9.90 Å². The molecule has 0 unspecified atom stereocenters. The van der Waals surface area contributed by atoms with Gasteiger partial charge in [0.25, 0.3) is 0 Å². The van der Waals surface area contributed by atoms with Gasteiger partial charge >= 0.3 is 5.97 Å². The molecule has 4 nitrogen and oxygen atoms in total. The molecule has 0 radical (unpaired) electrons. The van der Waals surface area contributed by atoms with Crippen LogP contribution in [0.3, 0.4) is 0 Å². The summed E-state index contributed by atoms with van der Waals surface area (Å²) >= 11 is 0. The van der Waals surface area contributed by atoms with Crippen LogP contribution in [0.15, 0.2) is 24.3 Å². The predicted octanol–water partition coefficient (Wildman–Crippen LogP) is 1.49. The van der Waals surface area contributed by atoms with Crippen molar-refractivity contribution in [1.82, 2.24) is 9.80 Å². The first-order valence-electron chi connectivity index (χ1n) is 8.31. The summed E-state index contributed by atoms with van der Waals surface area (Å²) in [5.41, 5.74) is 2.34. The van der Waals surface area contributed by atoms with Gasteiger partial charge in [-0.3, -0.25) is 9.69 Å². The Morgan fingerprint density at radius 3 is 2.55 bits per heavy atom. The number of piperidine rings is 1. The largest absolute Gasteiger partial charge is 0.481 e. The number of aliphatic carboxylic acids is 1. The molecule has 2 aliphatic heterocycles. The first-order valence-corrected chi connectivity index (χ1v) is 8.31. The second-order valence-corrected chi connectivity index (χ2v) is 7.44. The van der Waals surface area contributed by atoms with Crippen molar-refractivity contribution in [2.75, 3.05) is 33.2 Å². The highest BCUT2D eigenvalue weighted by atomic mass is 16.4. The predicted molar refractivity (Wildman–Crippen MR) is 84.9 cm³/mol. The number of hydrogen-bond donors (Lipinski definition) is 1. The van der Waals surface area contributed by atoms with E-state index in [2.05, 4.69) is 41.1 Å². The van der Waals surface area contributed by atoms with E-state index in [9.17, 15) is 9.90 Å². The van der Waals surface area contributed by atoms with Crippen molar-refractivity contribution in [3.8, 4) is 0 Å². The van der Waals surface area contributed by atoms with Crippen LogP contribution >= 0.6 is 0 Å². The van der Waals surface area contributed by atoms with Gasteiger partial charge in [0, 0.05) is 25.7 Å². The SMILES string of the molecule is CN1CC[C@H]2CN(C3Cc4ccccc4C3)C[C@@]2(C(=O)O)C1. The van der Waals surface area contributed by atoms with Gasteiger partial charge in [-0.2, -0.15) is 0 Å². The summed E-state index contributed by atoms with van der Waals surface area (Å²) in [4.78, 5) is 16.7. The summed E-state index contributed by atoms with van der Waals surface area (Å²) in [7, 11) is 2.05. The summed E-state index contributed by atoms with van der Waals surface area (Å²) in [6.45, 7) is 3.40. The smallest absolute Gasteiger partial charge is 0.312 e. The van der Waals surface area contributed by atoms with Gasteiger partial charge in [0.1, 0.15) is 0 Å². The molecule has 3 aliphatic rings. The van der Waals surface area contributed by atoms with E-state index in [4.69, 9.17) is 0 Å². The molecule has 22 heavy (non-hydrogen) atoms. The zero-order valence-electron chi connectivity index (χ0n) is 13.2. The number of fused-ring (bicyclic) bond motifs is 2. The number of likely N-dealkylation sites (tertiary alicyclic amines) is 2. The van der Waals surface area contributed by atoms with E-state index in [1.165, 1.54) is 11.1 Å². The Labute approximate surface area is 131 Å². The number of carboxylic acid groups (broad SMARTS) is 1. The molecule has 2 heterocycles. The molecule has 0 amide bonds. The topological polar surface area (TPSA) is 43.8 Å². The molecular formula is C18H24N2O2. The van der Waals surface area contributed by atoms with Gasteiger partial charge in [-0.05, 0) is 49.9 Å². The lowest BCUT2D eigenvalue weighted by Gasteiger charge is -2.39. The molecule has 2 fully saturated rings. The van der Waals surface area contributed by atoms with Gasteiger partial charge in [-0.1, -0.05) is 24.3 Å². The van der Waals surface area contributed by atoms with Crippen LogP contribution in [0.4, 0.5) is 0 Å². The Bertz CT molecular complexity index is 578. The Kier molecular flexibility index (Phi) is 3.27. The number of rotatable bonds is 2. The summed E-state index contributed by atoms with van der Waals surface area (Å²) in [6, 6.07) is 9.15. The number of hydrogen-bond acceptors (Lipinski definition) is 3. The molecule has 1 aliphatic carbocycles. The van der Waals surface area contributed by atoms with E-state index in [1.807, 2.05) is 0 Å². The molecule has 118 valence electrons. The minimum atomic E-state index is -0.595. The molecule has 1 aromatic rings. The summed E-state index contributed by atoms with van der Waals surface area (Å²) < 4.78 is 0. The fraction of sp³-hybridized carbons (Fsp3) is 0.611. The van der Waals surface area contributed by atoms with Crippen LogP contribution in [-0.4, -0.2) is 60.1 Å². The monoisotopic (exact) mass is 300 g/mol. The number of carbonyl (C=O) groups is 1. The minimum absolute atomic E-state index is 0.310. The van der Waals surface area contributed by atoms with Gasteiger partial charge in [-0.25, -0.2) is 0 Å². The molecule has 1 aromatic carbocycles. The third kappa shape index (κ3) is 2.09. The Balaban J connectivity index is 1.56. The summed E-state index contributed by atoms with van der Waals surface area (Å²) in [6.07, 6.45) is 3.17. The average Bonchev–Trinajstić information content (AvgIpc) is 3.08. The lowest BCUT2D eigenvalue weighted by atomic mass is 9.73. The molecule has 1 N–H and O–H groups in total. The molecule has 2 saturated heterocycles. The molecule has 4 heteroatoms. The standard InChI is InChI=1S/C18H24N2O2/c1-19-7-6-15-10-20(12-18(15,11-19)17(21)22)16-8-13-4-2-3-5-14(13)9-16/h2-5,15-16H,6-12H2,1H3,(H,21,22)/t15-,18-/m0/s1. The summed E-state index contributed by atoms with van der Waals surface area (Å²) in [5.74, 6) is -0.285. The van der Waals surface area contributed by atoms with Gasteiger partial charge < -0.3 is 10.0 Å². The lowest BCUT2D eigenvalue weighted by molar-refractivity contribution is -0.154. The fourth-order valence-electron chi connectivity index (χ4n) is 4.88. The second kappa shape index (κ2) is 5.07. The van der Waals surface area contributed by atoms with Crippen LogP contribution in [0, 0.1) is 11.3 Å². The fourth-order valence-corrected chi connectivity index (χ4v) is 4.88. The minimum Gasteiger partial charge on any atom is -0.481 e. The highest BCUT2D eigenvalue weighted by Gasteiger charge is 2.55. The number of carboxylic acids is 1. The van der Waals surface area contributed by atoms with E-state index in [0.717, 1.165) is 38.9 Å². The maximum Gasteiger partial charge on any atom is 0.312 e. The maximum atomic E-state index is 12.0. The van der Waals surface area contributed by atoms with E-state index < -0.39 is 11.4 Å². The normalized spacial score (nSPS) is 32.9. The third-order valence-corrected chi connectivity index (χ3v) is 6.10. The third-order valence-electron chi connectivity index (χ3n) is 6.10. The van der Waals surface area contributed by atoms with E-state index in [1.54, 1.807) is 0 Å². The average molecular weight is 300 g/mol. The van der Waals surface area contributed by atoms with Gasteiger partial charge in [0.05, 0.1) is 5.41 Å². The maximum absolute atomic E-state index is 12.0. The number of benzene rings is 1. The van der Waals surface area contributed by atoms with Gasteiger partial charge in [-0.15, -0.1) is 0 Å². The van der Waals surface area contributed by atoms with Crippen molar-refractivity contribution in [2.45, 2.75) is 25.3 Å². The van der Waals surface area contributed by atoms with E-state index in [-0.39, 0.29) is 0 Å². The van der Waals surface area contributed by atoms with Gasteiger partial charge in [0.15, 0.2) is 0 Å². The molecule has 0 spiro atoms. The lowest BCUT2D eigenvalue weighted by Crippen LogP contribution is -2.52. The van der Waals surface area contributed by atoms with Gasteiger partial charge in [0.2, 0.25) is 0 Å². The Morgan fingerprint density at radius 2 is 1.91 bits per heavy atom. The zero-order chi connectivity index (χ0) is 15.3. The van der Waals surface area contributed by atoms with Crippen molar-refractivity contribution in [3.05, 3.63) is 35.4 Å². The molecule has 0 aromatic heterocycles.